The molecule has 0 aliphatic carbocycles. The number of hydrogen-bond donors (Lipinski definition) is 2. The number of rotatable bonds is 5. The van der Waals surface area contributed by atoms with Crippen LogP contribution in [0, 0.1) is 0 Å². The second kappa shape index (κ2) is 15.0. The van der Waals surface area contributed by atoms with Crippen molar-refractivity contribution in [3.63, 3.8) is 0 Å². The van der Waals surface area contributed by atoms with Gasteiger partial charge in [-0.05, 0) is 73.9 Å². The predicted molar refractivity (Wildman–Crippen MR) is 178 cm³/mol. The van der Waals surface area contributed by atoms with Crippen LogP contribution < -0.4 is 24.8 Å². The Morgan fingerprint density at radius 3 is 2.15 bits per heavy atom. The molecule has 2 heterocycles. The molecule has 0 aromatic heterocycles. The fourth-order valence-electron chi connectivity index (χ4n) is 5.05. The van der Waals surface area contributed by atoms with Crippen molar-refractivity contribution in [1.29, 1.82) is 0 Å². The Morgan fingerprint density at radius 1 is 0.938 bits per heavy atom. The third kappa shape index (κ3) is 8.42. The Bertz CT molecular complexity index is 1670. The van der Waals surface area contributed by atoms with Crippen molar-refractivity contribution in [2.75, 3.05) is 28.4 Å². The summed E-state index contributed by atoms with van der Waals surface area (Å²) < 4.78 is 27.4. The molecule has 4 bridgehead atoms. The van der Waals surface area contributed by atoms with Crippen LogP contribution in [-0.2, 0) is 30.3 Å². The summed E-state index contributed by atoms with van der Waals surface area (Å²) in [5.41, 5.74) is 0.262. The minimum absolute atomic E-state index is 0.0710. The molecule has 256 valence electrons. The van der Waals surface area contributed by atoms with Crippen LogP contribution in [0.15, 0.2) is 54.6 Å². The van der Waals surface area contributed by atoms with E-state index >= 15 is 0 Å². The van der Waals surface area contributed by atoms with Crippen LogP contribution >= 0.6 is 23.2 Å². The fourth-order valence-corrected chi connectivity index (χ4v) is 5.71. The molecule has 3 atom stereocenters. The van der Waals surface area contributed by atoms with Crippen molar-refractivity contribution >= 4 is 47.1 Å². The van der Waals surface area contributed by atoms with Crippen LogP contribution in [0.4, 0.5) is 4.79 Å². The minimum Gasteiger partial charge on any atom is -0.494 e. The van der Waals surface area contributed by atoms with Crippen LogP contribution in [-0.4, -0.2) is 68.8 Å². The number of fused-ring (bicyclic) bond motifs is 9. The molecule has 14 heteroatoms. The van der Waals surface area contributed by atoms with E-state index in [-0.39, 0.29) is 39.1 Å². The highest BCUT2D eigenvalue weighted by Gasteiger charge is 2.37. The quantitative estimate of drug-likeness (QED) is 0.317. The van der Waals surface area contributed by atoms with Crippen LogP contribution in [0.25, 0.3) is 0 Å². The van der Waals surface area contributed by atoms with Gasteiger partial charge >= 0.3 is 12.1 Å². The number of ether oxygens (including phenoxy) is 5. The average Bonchev–Trinajstić information content (AvgIpc) is 3.03. The number of halogens is 2. The number of nitrogens with zero attached hydrogens (tertiary/aromatic N) is 1. The molecule has 0 saturated heterocycles. The number of carbonyl (C=O) groups excluding carboxylic acids is 4. The predicted octanol–water partition coefficient (Wildman–Crippen LogP) is 5.78. The molecule has 12 nitrogen and oxygen atoms in total. The van der Waals surface area contributed by atoms with E-state index in [9.17, 15) is 19.2 Å². The minimum atomic E-state index is -1.46. The van der Waals surface area contributed by atoms with Gasteiger partial charge < -0.3 is 39.2 Å². The van der Waals surface area contributed by atoms with Gasteiger partial charge in [-0.3, -0.25) is 9.59 Å². The number of benzene rings is 3. The number of esters is 1. The van der Waals surface area contributed by atoms with Crippen molar-refractivity contribution in [1.82, 2.24) is 15.5 Å². The molecule has 3 amide bonds. The van der Waals surface area contributed by atoms with E-state index in [1.54, 1.807) is 57.2 Å². The molecule has 0 radical (unpaired) electrons. The smallest absolute Gasteiger partial charge is 0.408 e. The highest BCUT2D eigenvalue weighted by molar-refractivity contribution is 6.37. The van der Waals surface area contributed by atoms with E-state index in [4.69, 9.17) is 46.9 Å². The third-order valence-corrected chi connectivity index (χ3v) is 7.97. The molecular weight excluding hydrogens is 665 g/mol. The Kier molecular flexibility index (Phi) is 11.3. The number of carbonyl (C=O) groups is 4. The lowest BCUT2D eigenvalue weighted by molar-refractivity contribution is -0.152. The molecule has 0 unspecified atom stereocenters. The highest BCUT2D eigenvalue weighted by atomic mass is 35.5. The summed E-state index contributed by atoms with van der Waals surface area (Å²) in [5.74, 6) is -1.02. The van der Waals surface area contributed by atoms with E-state index in [2.05, 4.69) is 10.6 Å². The van der Waals surface area contributed by atoms with Crippen LogP contribution in [0.2, 0.25) is 10.0 Å². The van der Waals surface area contributed by atoms with E-state index in [0.717, 1.165) is 0 Å². The summed E-state index contributed by atoms with van der Waals surface area (Å²) in [4.78, 5) is 55.9. The number of nitrogens with one attached hydrogen (secondary N) is 2. The molecule has 3 aromatic carbocycles. The second-order valence-electron chi connectivity index (χ2n) is 11.9. The van der Waals surface area contributed by atoms with Crippen molar-refractivity contribution in [3.05, 3.63) is 81.3 Å². The summed E-state index contributed by atoms with van der Waals surface area (Å²) in [6.07, 6.45) is -0.825. The summed E-state index contributed by atoms with van der Waals surface area (Å²) in [6.45, 7) is 5.03. The standard InChI is InChI=1S/C34H37Cl2N3O9/c1-34(2,3)48-33(43)38-27-19-10-13-25(44-5)26(17-19)47-21-11-8-18(9-12-21)14-24(32(42)46-7)39(4)31(41)28(37-30(27)40)20-15-22(35)29(45-6)23(36)16-20/h8-13,15-17,24,27-28H,14H2,1-7H3,(H,37,40)(H,38,43)/t24-,27+,28-/m1/s1. The van der Waals surface area contributed by atoms with Gasteiger partial charge in [0.05, 0.1) is 31.4 Å². The number of alkyl carbamates (subject to hydrolysis) is 1. The molecule has 48 heavy (non-hydrogen) atoms. The Balaban J connectivity index is 1.93. The lowest BCUT2D eigenvalue weighted by atomic mass is 9.99. The molecule has 0 saturated carbocycles. The number of hydrogen-bond acceptors (Lipinski definition) is 9. The molecule has 0 spiro atoms. The first-order valence-electron chi connectivity index (χ1n) is 14.8. The molecule has 3 aromatic rings. The number of methoxy groups -OCH3 is 3. The van der Waals surface area contributed by atoms with Crippen molar-refractivity contribution < 1.29 is 42.9 Å². The largest absolute Gasteiger partial charge is 0.494 e. The zero-order valence-corrected chi connectivity index (χ0v) is 29.0. The summed E-state index contributed by atoms with van der Waals surface area (Å²) in [5, 5.41) is 5.48. The maximum atomic E-state index is 14.4. The van der Waals surface area contributed by atoms with Gasteiger partial charge in [-0.1, -0.05) is 41.4 Å². The van der Waals surface area contributed by atoms with Crippen molar-refractivity contribution in [2.24, 2.45) is 0 Å². The zero-order chi connectivity index (χ0) is 35.3. The van der Waals surface area contributed by atoms with E-state index < -0.39 is 47.6 Å². The number of likely N-dealkylation sites (N-methyl/N-ethyl adjacent to an activating group) is 1. The van der Waals surface area contributed by atoms with E-state index in [0.29, 0.717) is 17.1 Å². The summed E-state index contributed by atoms with van der Waals surface area (Å²) in [7, 11) is 5.48. The molecule has 2 N–H and O–H groups in total. The van der Waals surface area contributed by atoms with Crippen LogP contribution in [0.3, 0.4) is 0 Å². The lowest BCUT2D eigenvalue weighted by Gasteiger charge is -2.32. The Hall–Kier alpha value is -4.68. The van der Waals surface area contributed by atoms with Gasteiger partial charge in [0, 0.05) is 13.5 Å². The Labute approximate surface area is 288 Å². The molecule has 0 fully saturated rings. The normalized spacial score (nSPS) is 18.4. The third-order valence-electron chi connectivity index (χ3n) is 7.40. The molecule has 5 rings (SSSR count). The summed E-state index contributed by atoms with van der Waals surface area (Å²) in [6, 6.07) is 10.4. The topological polar surface area (TPSA) is 142 Å². The van der Waals surface area contributed by atoms with Gasteiger partial charge in [0.25, 0.3) is 0 Å². The maximum absolute atomic E-state index is 14.4. The first-order valence-corrected chi connectivity index (χ1v) is 15.5. The SMILES string of the molecule is COC(=O)[C@H]1Cc2ccc(cc2)Oc2cc(ccc2OC)[C@H](NC(=O)OC(C)(C)C)C(=O)N[C@H](c2cc(Cl)c(OC)c(Cl)c2)C(=O)N1C. The van der Waals surface area contributed by atoms with Crippen LogP contribution in [0.1, 0.15) is 49.5 Å². The zero-order valence-electron chi connectivity index (χ0n) is 27.5. The van der Waals surface area contributed by atoms with Crippen molar-refractivity contribution in [2.45, 2.75) is 50.9 Å². The highest BCUT2D eigenvalue weighted by Crippen LogP contribution is 2.38. The first-order chi connectivity index (χ1) is 22.6. The van der Waals surface area contributed by atoms with E-state index in [1.165, 1.54) is 51.5 Å². The summed E-state index contributed by atoms with van der Waals surface area (Å²) >= 11 is 12.9. The van der Waals surface area contributed by atoms with Crippen molar-refractivity contribution in [3.8, 4) is 23.0 Å². The van der Waals surface area contributed by atoms with Gasteiger partial charge in [-0.15, -0.1) is 0 Å². The van der Waals surface area contributed by atoms with Gasteiger partial charge in [0.15, 0.2) is 17.2 Å². The average molecular weight is 703 g/mol. The van der Waals surface area contributed by atoms with Crippen LogP contribution in [0.5, 0.6) is 23.0 Å². The van der Waals surface area contributed by atoms with Gasteiger partial charge in [-0.25, -0.2) is 9.59 Å². The fraction of sp³-hybridized carbons (Fsp3) is 0.353. The lowest BCUT2D eigenvalue weighted by Crippen LogP contribution is -2.51. The Morgan fingerprint density at radius 2 is 1.58 bits per heavy atom. The van der Waals surface area contributed by atoms with E-state index in [1.807, 2.05) is 0 Å². The molecular formula is C34H37Cl2N3O9. The second-order valence-corrected chi connectivity index (χ2v) is 12.7. The number of amides is 3. The first kappa shape index (κ1) is 36.2. The van der Waals surface area contributed by atoms with Gasteiger partial charge in [0.1, 0.15) is 29.5 Å². The van der Waals surface area contributed by atoms with Gasteiger partial charge in [0.2, 0.25) is 11.8 Å². The van der Waals surface area contributed by atoms with Gasteiger partial charge in [-0.2, -0.15) is 0 Å². The molecule has 2 aliphatic rings. The maximum Gasteiger partial charge on any atom is 0.408 e. The molecule has 2 aliphatic heterocycles. The monoisotopic (exact) mass is 701 g/mol.